The van der Waals surface area contributed by atoms with Crippen LogP contribution in [0.4, 0.5) is 72.8 Å². The number of amides is 1. The molecule has 1 N–H and O–H groups in total. The summed E-state index contributed by atoms with van der Waals surface area (Å²) in [6.07, 6.45) is -13.3. The van der Waals surface area contributed by atoms with Crippen molar-refractivity contribution in [3.63, 3.8) is 0 Å². The maximum Gasteiger partial charge on any atom is 0.460 e. The highest BCUT2D eigenvalue weighted by molar-refractivity contribution is 8.01. The first-order valence-electron chi connectivity index (χ1n) is 10.2. The number of hydrogen-bond acceptors (Lipinski definition) is 6. The third kappa shape index (κ3) is 7.66. The zero-order chi connectivity index (χ0) is 32.5. The Kier molecular flexibility index (Phi) is 10.3. The number of alkyl halides is 14. The SMILES string of the molecule is O=C(CSc1ccc(SC(F)(F)C(F)(F)C(F)(F)F)cc1[N+](=O)[O-])Nc1ccccc1SC(F)(F)C(F)(F)C(F)(F)F. The summed E-state index contributed by atoms with van der Waals surface area (Å²) in [5.41, 5.74) is -1.78. The summed E-state index contributed by atoms with van der Waals surface area (Å²) >= 11 is -2.29. The third-order valence-electron chi connectivity index (χ3n) is 4.57. The molecule has 0 radical (unpaired) electrons. The predicted octanol–water partition coefficient (Wildman–Crippen LogP) is 9.09. The number of para-hydroxylation sites is 1. The molecule has 0 saturated heterocycles. The van der Waals surface area contributed by atoms with Crippen molar-refractivity contribution in [1.29, 1.82) is 0 Å². The molecule has 0 bridgehead atoms. The highest BCUT2D eigenvalue weighted by atomic mass is 32.2. The van der Waals surface area contributed by atoms with Gasteiger partial charge in [-0.15, -0.1) is 11.8 Å². The fraction of sp³-hybridized carbons (Fsp3) is 0.350. The van der Waals surface area contributed by atoms with Crippen LogP contribution in [0.25, 0.3) is 0 Å². The van der Waals surface area contributed by atoms with Crippen LogP contribution < -0.4 is 5.32 Å². The standard InChI is InChI=1S/C20H10F14N2O3S3/c21-15(22,17(25,26)27)19(31,32)41-9-5-6-13(11(7-9)36(38)39)40-8-14(37)35-10-3-1-2-4-12(10)42-20(33,34)16(23,24)18(28,29)30/h1-7H,8H2,(H,35,37). The van der Waals surface area contributed by atoms with Crippen molar-refractivity contribution in [3.05, 3.63) is 52.6 Å². The lowest BCUT2D eigenvalue weighted by Gasteiger charge is -2.28. The van der Waals surface area contributed by atoms with Gasteiger partial charge in [0.05, 0.1) is 21.3 Å². The van der Waals surface area contributed by atoms with Gasteiger partial charge >= 0.3 is 34.7 Å². The summed E-state index contributed by atoms with van der Waals surface area (Å²) < 4.78 is 182. The molecule has 22 heteroatoms. The van der Waals surface area contributed by atoms with Gasteiger partial charge in [0.15, 0.2) is 0 Å². The van der Waals surface area contributed by atoms with Crippen LogP contribution in [-0.4, -0.2) is 51.3 Å². The second-order valence-corrected chi connectivity index (χ2v) is 11.0. The molecule has 0 fully saturated rings. The summed E-state index contributed by atoms with van der Waals surface area (Å²) in [7, 11) is 0. The van der Waals surface area contributed by atoms with Gasteiger partial charge in [-0.05, 0) is 47.8 Å². The molecule has 0 spiro atoms. The van der Waals surface area contributed by atoms with Crippen LogP contribution in [-0.2, 0) is 4.79 Å². The van der Waals surface area contributed by atoms with E-state index >= 15 is 0 Å². The molecular formula is C20H10F14N2O3S3. The maximum absolute atomic E-state index is 13.8. The van der Waals surface area contributed by atoms with Crippen molar-refractivity contribution >= 4 is 52.6 Å². The Labute approximate surface area is 236 Å². The van der Waals surface area contributed by atoms with Crippen LogP contribution in [0.3, 0.4) is 0 Å². The van der Waals surface area contributed by atoms with Crippen molar-refractivity contribution in [1.82, 2.24) is 0 Å². The highest BCUT2D eigenvalue weighted by Gasteiger charge is 2.74. The number of nitro groups is 1. The average Bonchev–Trinajstić information content (AvgIpc) is 2.82. The summed E-state index contributed by atoms with van der Waals surface area (Å²) in [5, 5.41) is 1.70. The summed E-state index contributed by atoms with van der Waals surface area (Å²) in [6, 6.07) is 4.92. The molecule has 0 atom stereocenters. The number of hydrogen-bond donors (Lipinski definition) is 1. The second-order valence-electron chi connectivity index (χ2n) is 7.60. The Morgan fingerprint density at radius 3 is 1.74 bits per heavy atom. The number of rotatable bonds is 11. The van der Waals surface area contributed by atoms with Crippen molar-refractivity contribution < 1.29 is 71.2 Å². The normalized spacial score (nSPS) is 13.7. The van der Waals surface area contributed by atoms with E-state index in [1.165, 1.54) is 0 Å². The molecule has 234 valence electrons. The van der Waals surface area contributed by atoms with Crippen LogP contribution in [0.2, 0.25) is 0 Å². The predicted molar refractivity (Wildman–Crippen MR) is 123 cm³/mol. The maximum atomic E-state index is 13.8. The van der Waals surface area contributed by atoms with Gasteiger partial charge in [0, 0.05) is 15.9 Å². The van der Waals surface area contributed by atoms with Gasteiger partial charge in [-0.1, -0.05) is 12.1 Å². The second kappa shape index (κ2) is 12.2. The van der Waals surface area contributed by atoms with Crippen molar-refractivity contribution in [2.45, 2.75) is 49.4 Å². The minimum atomic E-state index is -6.66. The molecule has 0 aliphatic carbocycles. The fourth-order valence-electron chi connectivity index (χ4n) is 2.56. The van der Waals surface area contributed by atoms with Crippen LogP contribution >= 0.6 is 35.3 Å². The number of nitrogens with one attached hydrogen (secondary N) is 1. The number of carbonyl (C=O) groups is 1. The molecule has 42 heavy (non-hydrogen) atoms. The molecule has 0 aliphatic heterocycles. The molecule has 5 nitrogen and oxygen atoms in total. The molecule has 0 aromatic heterocycles. The van der Waals surface area contributed by atoms with E-state index in [9.17, 15) is 76.4 Å². The number of nitro benzene ring substituents is 1. The number of benzene rings is 2. The van der Waals surface area contributed by atoms with E-state index < -0.39 is 101 Å². The van der Waals surface area contributed by atoms with Gasteiger partial charge in [0.2, 0.25) is 5.91 Å². The van der Waals surface area contributed by atoms with Gasteiger partial charge < -0.3 is 5.32 Å². The third-order valence-corrected chi connectivity index (χ3v) is 7.73. The first-order chi connectivity index (χ1) is 18.8. The summed E-state index contributed by atoms with van der Waals surface area (Å²) in [6.45, 7) is 0. The van der Waals surface area contributed by atoms with E-state index in [0.717, 1.165) is 18.2 Å². The van der Waals surface area contributed by atoms with Crippen molar-refractivity contribution in [2.24, 2.45) is 0 Å². The lowest BCUT2D eigenvalue weighted by atomic mass is 10.3. The minimum Gasteiger partial charge on any atom is -0.324 e. The first-order valence-corrected chi connectivity index (χ1v) is 12.8. The van der Waals surface area contributed by atoms with Crippen molar-refractivity contribution in [3.8, 4) is 0 Å². The van der Waals surface area contributed by atoms with Crippen molar-refractivity contribution in [2.75, 3.05) is 11.1 Å². The molecule has 2 aromatic rings. The monoisotopic (exact) mass is 688 g/mol. The van der Waals surface area contributed by atoms with Crippen LogP contribution in [0.1, 0.15) is 0 Å². The molecule has 0 aliphatic rings. The van der Waals surface area contributed by atoms with Crippen LogP contribution in [0, 0.1) is 10.1 Å². The van der Waals surface area contributed by atoms with Gasteiger partial charge in [-0.2, -0.15) is 61.5 Å². The Morgan fingerprint density at radius 2 is 1.24 bits per heavy atom. The first kappa shape index (κ1) is 35.6. The van der Waals surface area contributed by atoms with E-state index in [-0.39, 0.29) is 17.8 Å². The number of thioether (sulfide) groups is 3. The molecule has 2 rings (SSSR count). The smallest absolute Gasteiger partial charge is 0.324 e. The van der Waals surface area contributed by atoms with Gasteiger partial charge in [0.1, 0.15) is 0 Å². The zero-order valence-corrected chi connectivity index (χ0v) is 21.9. The fourth-order valence-corrected chi connectivity index (χ4v) is 5.10. The van der Waals surface area contributed by atoms with Gasteiger partial charge in [0.25, 0.3) is 5.69 Å². The average molecular weight is 688 g/mol. The Balaban J connectivity index is 2.21. The zero-order valence-electron chi connectivity index (χ0n) is 19.4. The van der Waals surface area contributed by atoms with E-state index in [2.05, 4.69) is 0 Å². The van der Waals surface area contributed by atoms with E-state index in [1.54, 1.807) is 0 Å². The molecule has 2 aromatic carbocycles. The lowest BCUT2D eigenvalue weighted by Crippen LogP contribution is -2.49. The number of nitrogens with zero attached hydrogens (tertiary/aromatic N) is 1. The Hall–Kier alpha value is -2.62. The summed E-state index contributed by atoms with van der Waals surface area (Å²) in [5.74, 6) is -15.0. The molecular weight excluding hydrogens is 678 g/mol. The Morgan fingerprint density at radius 1 is 0.738 bits per heavy atom. The minimum absolute atomic E-state index is 0.222. The van der Waals surface area contributed by atoms with E-state index in [0.29, 0.717) is 18.2 Å². The Bertz CT molecular complexity index is 1320. The quantitative estimate of drug-likeness (QED) is 0.110. The molecule has 0 saturated carbocycles. The molecule has 0 heterocycles. The van der Waals surface area contributed by atoms with Crippen LogP contribution in [0.15, 0.2) is 57.2 Å². The van der Waals surface area contributed by atoms with Crippen LogP contribution in [0.5, 0.6) is 0 Å². The molecule has 0 unspecified atom stereocenters. The van der Waals surface area contributed by atoms with E-state index in [4.69, 9.17) is 0 Å². The highest BCUT2D eigenvalue weighted by Crippen LogP contribution is 2.56. The number of carbonyl (C=O) groups excluding carboxylic acids is 1. The lowest BCUT2D eigenvalue weighted by molar-refractivity contribution is -0.387. The van der Waals surface area contributed by atoms with Gasteiger partial charge in [-0.3, -0.25) is 14.9 Å². The number of anilines is 1. The topological polar surface area (TPSA) is 72.2 Å². The summed E-state index contributed by atoms with van der Waals surface area (Å²) in [4.78, 5) is 19.8. The number of halogens is 14. The van der Waals surface area contributed by atoms with Gasteiger partial charge in [-0.25, -0.2) is 0 Å². The van der Waals surface area contributed by atoms with E-state index in [1.807, 2.05) is 5.32 Å². The largest absolute Gasteiger partial charge is 0.460 e. The molecule has 1 amide bonds.